The first kappa shape index (κ1) is 14.2. The van der Waals surface area contributed by atoms with E-state index in [2.05, 4.69) is 56.6 Å². The van der Waals surface area contributed by atoms with Crippen molar-refractivity contribution in [2.45, 2.75) is 60.3 Å². The van der Waals surface area contributed by atoms with Gasteiger partial charge in [0.1, 0.15) is 0 Å². The number of hydrogen-bond acceptors (Lipinski definition) is 0. The molecule has 0 aromatic carbocycles. The summed E-state index contributed by atoms with van der Waals surface area (Å²) in [4.78, 5) is 0. The van der Waals surface area contributed by atoms with Gasteiger partial charge in [-0.3, -0.25) is 0 Å². The smallest absolute Gasteiger partial charge is 0.00863 e. The predicted octanol–water partition coefficient (Wildman–Crippen LogP) is 5.53. The van der Waals surface area contributed by atoms with E-state index in [0.29, 0.717) is 11.3 Å². The minimum absolute atomic E-state index is 0.379. The highest BCUT2D eigenvalue weighted by Gasteiger charge is 2.17. The number of allylic oxidation sites excluding steroid dienone is 2. The number of halogens is 1. The Bertz CT molecular complexity index is 174. The first-order chi connectivity index (χ1) is 6.38. The lowest BCUT2D eigenvalue weighted by atomic mass is 9.82. The molecule has 0 saturated heterocycles. The van der Waals surface area contributed by atoms with Gasteiger partial charge in [0.15, 0.2) is 0 Å². The lowest BCUT2D eigenvalue weighted by Crippen LogP contribution is -2.15. The molecule has 0 heterocycles. The van der Waals surface area contributed by atoms with Crippen LogP contribution in [0.5, 0.6) is 0 Å². The van der Waals surface area contributed by atoms with Crippen molar-refractivity contribution in [1.29, 1.82) is 0 Å². The second kappa shape index (κ2) is 6.66. The maximum atomic E-state index is 3.66. The highest BCUT2D eigenvalue weighted by molar-refractivity contribution is 9.11. The van der Waals surface area contributed by atoms with Gasteiger partial charge in [-0.1, -0.05) is 69.5 Å². The van der Waals surface area contributed by atoms with Crippen LogP contribution in [0.4, 0.5) is 0 Å². The van der Waals surface area contributed by atoms with Crippen molar-refractivity contribution in [1.82, 2.24) is 0 Å². The van der Waals surface area contributed by atoms with Gasteiger partial charge in [0.05, 0.1) is 0 Å². The van der Waals surface area contributed by atoms with Gasteiger partial charge in [-0.05, 0) is 28.7 Å². The molecule has 0 aliphatic rings. The van der Waals surface area contributed by atoms with Crippen LogP contribution in [-0.2, 0) is 0 Å². The summed E-state index contributed by atoms with van der Waals surface area (Å²) in [6.07, 6.45) is 7.52. The summed E-state index contributed by atoms with van der Waals surface area (Å²) in [6, 6.07) is 0. The molecule has 0 aliphatic carbocycles. The number of unbranched alkanes of at least 4 members (excludes halogenated alkanes) is 2. The van der Waals surface area contributed by atoms with Gasteiger partial charge in [-0.15, -0.1) is 0 Å². The minimum atomic E-state index is 0.379. The minimum Gasteiger partial charge on any atom is -0.0710 e. The molecule has 0 aromatic rings. The van der Waals surface area contributed by atoms with Crippen molar-refractivity contribution in [3.05, 3.63) is 10.6 Å². The lowest BCUT2D eigenvalue weighted by Gasteiger charge is -2.24. The fourth-order valence-electron chi connectivity index (χ4n) is 1.15. The van der Waals surface area contributed by atoms with E-state index in [1.165, 1.54) is 30.2 Å². The number of rotatable bonds is 5. The molecule has 1 atom stereocenters. The second-order valence-electron chi connectivity index (χ2n) is 5.23. The molecule has 0 saturated carbocycles. The molecule has 0 nitrogen and oxygen atoms in total. The van der Waals surface area contributed by atoms with E-state index in [1.807, 2.05) is 0 Å². The summed E-state index contributed by atoms with van der Waals surface area (Å²) in [5.41, 5.74) is 0.379. The predicted molar refractivity (Wildman–Crippen MR) is 69.8 cm³/mol. The van der Waals surface area contributed by atoms with Crippen LogP contribution in [0.25, 0.3) is 0 Å². The van der Waals surface area contributed by atoms with Crippen molar-refractivity contribution in [3.63, 3.8) is 0 Å². The maximum Gasteiger partial charge on any atom is -0.00863 e. The fourth-order valence-corrected chi connectivity index (χ4v) is 1.83. The van der Waals surface area contributed by atoms with Gasteiger partial charge in [-0.25, -0.2) is 0 Å². The van der Waals surface area contributed by atoms with Gasteiger partial charge < -0.3 is 0 Å². The van der Waals surface area contributed by atoms with Gasteiger partial charge in [0, 0.05) is 0 Å². The average molecular weight is 261 g/mol. The van der Waals surface area contributed by atoms with Gasteiger partial charge >= 0.3 is 0 Å². The van der Waals surface area contributed by atoms with Crippen LogP contribution in [-0.4, -0.2) is 0 Å². The van der Waals surface area contributed by atoms with E-state index in [1.54, 1.807) is 0 Å². The van der Waals surface area contributed by atoms with Gasteiger partial charge in [-0.2, -0.15) is 0 Å². The van der Waals surface area contributed by atoms with Gasteiger partial charge in [0.25, 0.3) is 0 Å². The lowest BCUT2D eigenvalue weighted by molar-refractivity contribution is 0.313. The summed E-state index contributed by atoms with van der Waals surface area (Å²) in [5.74, 6) is 0.638. The molecule has 0 aromatic heterocycles. The Morgan fingerprint density at radius 3 is 2.29 bits per heavy atom. The largest absolute Gasteiger partial charge is 0.0710 e. The highest BCUT2D eigenvalue weighted by atomic mass is 79.9. The fraction of sp³-hybridized carbons (Fsp3) is 0.846. The van der Waals surface area contributed by atoms with E-state index in [-0.39, 0.29) is 0 Å². The molecule has 0 N–H and O–H groups in total. The third-order valence-electron chi connectivity index (χ3n) is 2.82. The first-order valence-corrected chi connectivity index (χ1v) is 6.53. The Balaban J connectivity index is 3.97. The Morgan fingerprint density at radius 1 is 1.29 bits per heavy atom. The van der Waals surface area contributed by atoms with E-state index in [0.717, 1.165) is 0 Å². The SMILES string of the molecule is CCCCCC(Br)=CC(C)C(C)(C)C. The van der Waals surface area contributed by atoms with Crippen LogP contribution < -0.4 is 0 Å². The zero-order valence-corrected chi connectivity index (χ0v) is 11.9. The van der Waals surface area contributed by atoms with E-state index < -0.39 is 0 Å². The van der Waals surface area contributed by atoms with Crippen LogP contribution >= 0.6 is 15.9 Å². The van der Waals surface area contributed by atoms with Crippen LogP contribution in [0.15, 0.2) is 10.6 Å². The Hall–Kier alpha value is 0.220. The maximum absolute atomic E-state index is 3.66. The molecule has 0 spiro atoms. The van der Waals surface area contributed by atoms with Crippen LogP contribution in [0.2, 0.25) is 0 Å². The summed E-state index contributed by atoms with van der Waals surface area (Å²) in [5, 5.41) is 0. The molecule has 0 bridgehead atoms. The number of hydrogen-bond donors (Lipinski definition) is 0. The molecule has 84 valence electrons. The third-order valence-corrected chi connectivity index (χ3v) is 3.48. The monoisotopic (exact) mass is 260 g/mol. The Morgan fingerprint density at radius 2 is 1.86 bits per heavy atom. The van der Waals surface area contributed by atoms with Crippen molar-refractivity contribution >= 4 is 15.9 Å². The zero-order valence-electron chi connectivity index (χ0n) is 10.4. The quantitative estimate of drug-likeness (QED) is 0.571. The Kier molecular flexibility index (Phi) is 6.76. The van der Waals surface area contributed by atoms with E-state index >= 15 is 0 Å². The molecular weight excluding hydrogens is 236 g/mol. The average Bonchev–Trinajstić information content (AvgIpc) is 2.03. The molecule has 1 unspecified atom stereocenters. The first-order valence-electron chi connectivity index (χ1n) is 5.74. The standard InChI is InChI=1S/C13H25Br/c1-6-7-8-9-12(14)10-11(2)13(3,4)5/h10-11H,6-9H2,1-5H3. The summed E-state index contributed by atoms with van der Waals surface area (Å²) >= 11 is 3.66. The molecule has 0 radical (unpaired) electrons. The van der Waals surface area contributed by atoms with Crippen LogP contribution in [0, 0.1) is 11.3 Å². The van der Waals surface area contributed by atoms with E-state index in [4.69, 9.17) is 0 Å². The molecule has 0 rings (SSSR count). The van der Waals surface area contributed by atoms with Crippen molar-refractivity contribution in [2.24, 2.45) is 11.3 Å². The third kappa shape index (κ3) is 6.64. The van der Waals surface area contributed by atoms with Crippen molar-refractivity contribution < 1.29 is 0 Å². The summed E-state index contributed by atoms with van der Waals surface area (Å²) < 4.78 is 1.38. The summed E-state index contributed by atoms with van der Waals surface area (Å²) in [6.45, 7) is 11.4. The van der Waals surface area contributed by atoms with E-state index in [9.17, 15) is 0 Å². The molecule has 1 heteroatoms. The topological polar surface area (TPSA) is 0 Å². The van der Waals surface area contributed by atoms with Crippen molar-refractivity contribution in [2.75, 3.05) is 0 Å². The molecule has 0 fully saturated rings. The normalized spacial score (nSPS) is 15.7. The molecule has 14 heavy (non-hydrogen) atoms. The van der Waals surface area contributed by atoms with Crippen LogP contribution in [0.1, 0.15) is 60.3 Å². The van der Waals surface area contributed by atoms with Crippen LogP contribution in [0.3, 0.4) is 0 Å². The zero-order chi connectivity index (χ0) is 11.2. The Labute approximate surface area is 98.3 Å². The molecule has 0 aliphatic heterocycles. The molecule has 0 amide bonds. The second-order valence-corrected chi connectivity index (χ2v) is 6.24. The van der Waals surface area contributed by atoms with Crippen molar-refractivity contribution in [3.8, 4) is 0 Å². The molecular formula is C13H25Br. The summed E-state index contributed by atoms with van der Waals surface area (Å²) in [7, 11) is 0. The highest BCUT2D eigenvalue weighted by Crippen LogP contribution is 2.29. The van der Waals surface area contributed by atoms with Gasteiger partial charge in [0.2, 0.25) is 0 Å².